The van der Waals surface area contributed by atoms with E-state index in [0.717, 1.165) is 50.5 Å². The van der Waals surface area contributed by atoms with Gasteiger partial charge in [0.05, 0.1) is 5.41 Å². The van der Waals surface area contributed by atoms with Crippen LogP contribution in [0.2, 0.25) is 0 Å². The lowest BCUT2D eigenvalue weighted by Gasteiger charge is -2.31. The van der Waals surface area contributed by atoms with Gasteiger partial charge in [0.25, 0.3) is 0 Å². The Morgan fingerprint density at radius 1 is 1.14 bits per heavy atom. The summed E-state index contributed by atoms with van der Waals surface area (Å²) in [5.74, 6) is 0.416. The van der Waals surface area contributed by atoms with Crippen molar-refractivity contribution in [1.82, 2.24) is 5.32 Å². The molecule has 0 radical (unpaired) electrons. The van der Waals surface area contributed by atoms with Crippen LogP contribution >= 0.6 is 0 Å². The molecule has 1 aromatic carbocycles. The second kappa shape index (κ2) is 6.18. The molecule has 1 aromatic rings. The first-order chi connectivity index (χ1) is 10.3. The first kappa shape index (κ1) is 14.6. The SMILES string of the molecule is O=C(NC1CCCC1CO)C1(c2ccccc2)CCCC1. The third-order valence-corrected chi connectivity index (χ3v) is 5.43. The zero-order valence-electron chi connectivity index (χ0n) is 12.6. The third kappa shape index (κ3) is 2.71. The fourth-order valence-electron chi connectivity index (χ4n) is 4.13. The largest absolute Gasteiger partial charge is 0.396 e. The molecule has 2 aliphatic carbocycles. The van der Waals surface area contributed by atoms with Crippen molar-refractivity contribution < 1.29 is 9.90 Å². The highest BCUT2D eigenvalue weighted by atomic mass is 16.3. The van der Waals surface area contributed by atoms with Gasteiger partial charge in [-0.1, -0.05) is 49.6 Å². The lowest BCUT2D eigenvalue weighted by atomic mass is 9.77. The highest BCUT2D eigenvalue weighted by Crippen LogP contribution is 2.41. The van der Waals surface area contributed by atoms with E-state index in [9.17, 15) is 9.90 Å². The van der Waals surface area contributed by atoms with E-state index in [4.69, 9.17) is 0 Å². The van der Waals surface area contributed by atoms with Gasteiger partial charge in [-0.15, -0.1) is 0 Å². The molecule has 2 fully saturated rings. The summed E-state index contributed by atoms with van der Waals surface area (Å²) in [5.41, 5.74) is 0.808. The molecular formula is C18H25NO2. The van der Waals surface area contributed by atoms with Gasteiger partial charge in [0.1, 0.15) is 0 Å². The number of carbonyl (C=O) groups excluding carboxylic acids is 1. The van der Waals surface area contributed by atoms with Crippen molar-refractivity contribution in [2.75, 3.05) is 6.61 Å². The molecular weight excluding hydrogens is 262 g/mol. The summed E-state index contributed by atoms with van der Waals surface area (Å²) in [6.07, 6.45) is 7.27. The Morgan fingerprint density at radius 2 is 1.86 bits per heavy atom. The summed E-state index contributed by atoms with van der Waals surface area (Å²) in [6.45, 7) is 0.184. The first-order valence-corrected chi connectivity index (χ1v) is 8.23. The topological polar surface area (TPSA) is 49.3 Å². The van der Waals surface area contributed by atoms with Crippen LogP contribution in [0, 0.1) is 5.92 Å². The van der Waals surface area contributed by atoms with Gasteiger partial charge in [-0.25, -0.2) is 0 Å². The summed E-state index contributed by atoms with van der Waals surface area (Å²) in [7, 11) is 0. The van der Waals surface area contributed by atoms with Gasteiger partial charge >= 0.3 is 0 Å². The van der Waals surface area contributed by atoms with Crippen molar-refractivity contribution in [3.63, 3.8) is 0 Å². The monoisotopic (exact) mass is 287 g/mol. The smallest absolute Gasteiger partial charge is 0.230 e. The molecule has 3 heteroatoms. The van der Waals surface area contributed by atoms with Crippen molar-refractivity contribution in [3.05, 3.63) is 35.9 Å². The molecule has 114 valence electrons. The van der Waals surface area contributed by atoms with E-state index < -0.39 is 0 Å². The van der Waals surface area contributed by atoms with Crippen LogP contribution in [0.1, 0.15) is 50.5 Å². The Kier molecular flexibility index (Phi) is 4.29. The number of aliphatic hydroxyl groups is 1. The molecule has 2 atom stereocenters. The Hall–Kier alpha value is -1.35. The zero-order chi connectivity index (χ0) is 14.7. The molecule has 3 nitrogen and oxygen atoms in total. The van der Waals surface area contributed by atoms with Crippen molar-refractivity contribution >= 4 is 5.91 Å². The Labute approximate surface area is 126 Å². The van der Waals surface area contributed by atoms with Crippen LogP contribution in [0.5, 0.6) is 0 Å². The molecule has 0 bridgehead atoms. The van der Waals surface area contributed by atoms with Gasteiger partial charge in [0, 0.05) is 18.6 Å². The summed E-state index contributed by atoms with van der Waals surface area (Å²) < 4.78 is 0. The van der Waals surface area contributed by atoms with E-state index in [1.54, 1.807) is 0 Å². The number of rotatable bonds is 4. The number of aliphatic hydroxyl groups excluding tert-OH is 1. The lowest BCUT2D eigenvalue weighted by molar-refractivity contribution is -0.127. The quantitative estimate of drug-likeness (QED) is 0.894. The van der Waals surface area contributed by atoms with Crippen LogP contribution in [0.4, 0.5) is 0 Å². The molecule has 2 N–H and O–H groups in total. The molecule has 2 saturated carbocycles. The maximum absolute atomic E-state index is 13.0. The molecule has 0 spiro atoms. The summed E-state index contributed by atoms with van der Waals surface area (Å²) in [6, 6.07) is 10.4. The fraction of sp³-hybridized carbons (Fsp3) is 0.611. The molecule has 3 rings (SSSR count). The fourth-order valence-corrected chi connectivity index (χ4v) is 4.13. The summed E-state index contributed by atoms with van der Waals surface area (Å²) in [4.78, 5) is 13.0. The average Bonchev–Trinajstić information content (AvgIpc) is 3.17. The van der Waals surface area contributed by atoms with Gasteiger partial charge in [-0.05, 0) is 31.2 Å². The van der Waals surface area contributed by atoms with E-state index >= 15 is 0 Å². The molecule has 0 heterocycles. The van der Waals surface area contributed by atoms with Gasteiger partial charge in [0.2, 0.25) is 5.91 Å². The minimum Gasteiger partial charge on any atom is -0.396 e. The molecule has 1 amide bonds. The molecule has 0 saturated heterocycles. The molecule has 0 aliphatic heterocycles. The van der Waals surface area contributed by atoms with E-state index in [-0.39, 0.29) is 29.9 Å². The number of carbonyl (C=O) groups is 1. The lowest BCUT2D eigenvalue weighted by Crippen LogP contribution is -2.48. The maximum atomic E-state index is 13.0. The molecule has 2 unspecified atom stereocenters. The van der Waals surface area contributed by atoms with Crippen LogP contribution < -0.4 is 5.32 Å². The Bertz CT molecular complexity index is 479. The maximum Gasteiger partial charge on any atom is 0.230 e. The zero-order valence-corrected chi connectivity index (χ0v) is 12.6. The van der Waals surface area contributed by atoms with Crippen LogP contribution in [0.15, 0.2) is 30.3 Å². The van der Waals surface area contributed by atoms with Crippen LogP contribution in [-0.4, -0.2) is 23.7 Å². The van der Waals surface area contributed by atoms with E-state index in [1.807, 2.05) is 18.2 Å². The summed E-state index contributed by atoms with van der Waals surface area (Å²) in [5, 5.41) is 12.7. The number of amides is 1. The normalized spacial score (nSPS) is 27.7. The predicted octanol–water partition coefficient (Wildman–Crippen LogP) is 2.78. The van der Waals surface area contributed by atoms with Crippen molar-refractivity contribution in [3.8, 4) is 0 Å². The molecule has 21 heavy (non-hydrogen) atoms. The van der Waals surface area contributed by atoms with Crippen molar-refractivity contribution in [2.24, 2.45) is 5.92 Å². The minimum absolute atomic E-state index is 0.156. The Balaban J connectivity index is 1.80. The third-order valence-electron chi connectivity index (χ3n) is 5.43. The number of hydrogen-bond acceptors (Lipinski definition) is 2. The molecule has 0 aromatic heterocycles. The van der Waals surface area contributed by atoms with E-state index in [0.29, 0.717) is 0 Å². The van der Waals surface area contributed by atoms with Crippen molar-refractivity contribution in [2.45, 2.75) is 56.4 Å². The highest BCUT2D eigenvalue weighted by Gasteiger charge is 2.44. The Morgan fingerprint density at radius 3 is 2.52 bits per heavy atom. The van der Waals surface area contributed by atoms with Crippen LogP contribution in [0.3, 0.4) is 0 Å². The van der Waals surface area contributed by atoms with Gasteiger partial charge in [-0.2, -0.15) is 0 Å². The van der Waals surface area contributed by atoms with Gasteiger partial charge in [-0.3, -0.25) is 4.79 Å². The first-order valence-electron chi connectivity index (χ1n) is 8.23. The minimum atomic E-state index is -0.343. The van der Waals surface area contributed by atoms with E-state index in [1.165, 1.54) is 0 Å². The number of nitrogens with one attached hydrogen (secondary N) is 1. The number of hydrogen-bond donors (Lipinski definition) is 2. The second-order valence-electron chi connectivity index (χ2n) is 6.61. The average molecular weight is 287 g/mol. The van der Waals surface area contributed by atoms with Crippen LogP contribution in [-0.2, 0) is 10.2 Å². The van der Waals surface area contributed by atoms with E-state index in [2.05, 4.69) is 17.4 Å². The molecule has 2 aliphatic rings. The highest BCUT2D eigenvalue weighted by molar-refractivity contribution is 5.88. The predicted molar refractivity (Wildman–Crippen MR) is 82.9 cm³/mol. The van der Waals surface area contributed by atoms with Crippen LogP contribution in [0.25, 0.3) is 0 Å². The second-order valence-corrected chi connectivity index (χ2v) is 6.61. The summed E-state index contributed by atoms with van der Waals surface area (Å²) >= 11 is 0. The van der Waals surface area contributed by atoms with Gasteiger partial charge < -0.3 is 10.4 Å². The van der Waals surface area contributed by atoms with Gasteiger partial charge in [0.15, 0.2) is 0 Å². The number of benzene rings is 1. The van der Waals surface area contributed by atoms with Crippen molar-refractivity contribution in [1.29, 1.82) is 0 Å². The standard InChI is InChI=1S/C18H25NO2/c20-13-14-7-6-10-16(14)19-17(21)18(11-4-5-12-18)15-8-2-1-3-9-15/h1-3,8-9,14,16,20H,4-7,10-13H2,(H,19,21).